The second-order valence-corrected chi connectivity index (χ2v) is 11.0. The normalized spacial score (nSPS) is 17.9. The van der Waals surface area contributed by atoms with E-state index < -0.39 is 0 Å². The Morgan fingerprint density at radius 3 is 2.46 bits per heavy atom. The van der Waals surface area contributed by atoms with Gasteiger partial charge in [0.25, 0.3) is 11.8 Å². The van der Waals surface area contributed by atoms with Crippen molar-refractivity contribution >= 4 is 57.3 Å². The van der Waals surface area contributed by atoms with Crippen LogP contribution in [0, 0.1) is 5.92 Å². The summed E-state index contributed by atoms with van der Waals surface area (Å²) in [6, 6.07) is 17.2. The van der Waals surface area contributed by atoms with Crippen LogP contribution in [0.1, 0.15) is 50.7 Å². The molecule has 1 saturated heterocycles. The van der Waals surface area contributed by atoms with Gasteiger partial charge in [0.05, 0.1) is 16.2 Å². The molecule has 2 aliphatic rings. The number of carbonyl (C=O) groups excluding carboxylic acids is 3. The highest BCUT2D eigenvalue weighted by atomic mass is 32.2. The molecule has 0 aliphatic carbocycles. The van der Waals surface area contributed by atoms with Crippen LogP contribution in [0.2, 0.25) is 0 Å². The lowest BCUT2D eigenvalue weighted by atomic mass is 9.98. The maximum atomic E-state index is 13.6. The summed E-state index contributed by atoms with van der Waals surface area (Å²) in [6.45, 7) is 5.24. The van der Waals surface area contributed by atoms with Crippen LogP contribution in [0.3, 0.4) is 0 Å². The van der Waals surface area contributed by atoms with Gasteiger partial charge in [0, 0.05) is 18.7 Å². The summed E-state index contributed by atoms with van der Waals surface area (Å²) >= 11 is 6.77. The van der Waals surface area contributed by atoms with Gasteiger partial charge in [-0.1, -0.05) is 106 Å². The molecule has 2 aliphatic heterocycles. The average Bonchev–Trinajstić information content (AvgIpc) is 3.33. The van der Waals surface area contributed by atoms with Gasteiger partial charge in [0.2, 0.25) is 5.91 Å². The molecule has 1 atom stereocenters. The molecular weight excluding hydrogens is 502 g/mol. The van der Waals surface area contributed by atoms with Crippen molar-refractivity contribution in [1.82, 2.24) is 10.2 Å². The predicted octanol–water partition coefficient (Wildman–Crippen LogP) is 5.18. The second kappa shape index (κ2) is 12.5. The molecule has 2 aromatic carbocycles. The quantitative estimate of drug-likeness (QED) is 0.317. The Kier molecular flexibility index (Phi) is 9.16. The molecule has 0 radical (unpaired) electrons. The lowest BCUT2D eigenvalue weighted by Gasteiger charge is -2.21. The number of thioether (sulfide) groups is 1. The number of para-hydroxylation sites is 1. The van der Waals surface area contributed by atoms with Gasteiger partial charge in [-0.3, -0.25) is 24.2 Å². The third kappa shape index (κ3) is 6.13. The average molecular weight is 536 g/mol. The van der Waals surface area contributed by atoms with E-state index in [2.05, 4.69) is 19.2 Å². The first-order chi connectivity index (χ1) is 17.9. The van der Waals surface area contributed by atoms with Gasteiger partial charge in [0.15, 0.2) is 0 Å². The van der Waals surface area contributed by atoms with E-state index in [-0.39, 0.29) is 24.3 Å². The Balaban J connectivity index is 1.50. The fraction of sp³-hybridized carbons (Fsp3) is 0.379. The standard InChI is InChI=1S/C29H33N3O3S2/c1-3-5-11-20(4-2)18-32-28(35)26(37-29(32)36)25-22-14-9-10-15-23(22)31(27(25)34)19-24(33)30-17-16-21-12-7-6-8-13-21/h6-10,12-15,20H,3-5,11,16-19H2,1-2H3,(H,30,33)/b26-25-/t20-/m1/s1. The number of amides is 3. The molecule has 2 heterocycles. The lowest BCUT2D eigenvalue weighted by Crippen LogP contribution is -2.39. The number of nitrogens with one attached hydrogen (secondary N) is 1. The summed E-state index contributed by atoms with van der Waals surface area (Å²) in [7, 11) is 0. The summed E-state index contributed by atoms with van der Waals surface area (Å²) in [5.41, 5.74) is 2.78. The molecule has 4 rings (SSSR count). The van der Waals surface area contributed by atoms with Crippen molar-refractivity contribution in [2.45, 2.75) is 46.0 Å². The van der Waals surface area contributed by atoms with Gasteiger partial charge in [-0.15, -0.1) is 0 Å². The molecule has 1 N–H and O–H groups in total. The van der Waals surface area contributed by atoms with Crippen molar-refractivity contribution in [3.63, 3.8) is 0 Å². The molecule has 8 heteroatoms. The zero-order chi connectivity index (χ0) is 26.4. The first-order valence-corrected chi connectivity index (χ1v) is 14.2. The van der Waals surface area contributed by atoms with E-state index in [9.17, 15) is 14.4 Å². The lowest BCUT2D eigenvalue weighted by molar-refractivity contribution is -0.123. The number of hydrogen-bond acceptors (Lipinski definition) is 5. The Bertz CT molecular complexity index is 1210. The number of nitrogens with zero attached hydrogens (tertiary/aromatic N) is 2. The first-order valence-electron chi connectivity index (χ1n) is 12.9. The van der Waals surface area contributed by atoms with Crippen LogP contribution in [-0.4, -0.2) is 46.6 Å². The highest BCUT2D eigenvalue weighted by molar-refractivity contribution is 8.26. The molecule has 0 saturated carbocycles. The monoisotopic (exact) mass is 535 g/mol. The van der Waals surface area contributed by atoms with Gasteiger partial charge in [-0.05, 0) is 30.4 Å². The fourth-order valence-corrected chi connectivity index (χ4v) is 6.08. The molecular formula is C29H33N3O3S2. The van der Waals surface area contributed by atoms with Crippen LogP contribution in [0.4, 0.5) is 5.69 Å². The van der Waals surface area contributed by atoms with E-state index in [1.54, 1.807) is 4.90 Å². The van der Waals surface area contributed by atoms with Gasteiger partial charge in [0.1, 0.15) is 10.9 Å². The van der Waals surface area contributed by atoms with Crippen molar-refractivity contribution in [1.29, 1.82) is 0 Å². The Morgan fingerprint density at radius 2 is 1.73 bits per heavy atom. The summed E-state index contributed by atoms with van der Waals surface area (Å²) in [6.07, 6.45) is 4.95. The molecule has 37 heavy (non-hydrogen) atoms. The van der Waals surface area contributed by atoms with Crippen LogP contribution in [0.5, 0.6) is 0 Å². The summed E-state index contributed by atoms with van der Waals surface area (Å²) in [5, 5.41) is 2.91. The maximum absolute atomic E-state index is 13.6. The number of rotatable bonds is 11. The number of thiocarbonyl (C=S) groups is 1. The van der Waals surface area contributed by atoms with Crippen LogP contribution >= 0.6 is 24.0 Å². The van der Waals surface area contributed by atoms with Crippen molar-refractivity contribution in [3.05, 3.63) is 70.6 Å². The van der Waals surface area contributed by atoms with E-state index in [4.69, 9.17) is 12.2 Å². The van der Waals surface area contributed by atoms with Crippen molar-refractivity contribution in [3.8, 4) is 0 Å². The van der Waals surface area contributed by atoms with Crippen molar-refractivity contribution in [2.75, 3.05) is 24.5 Å². The Hall–Kier alpha value is -2.97. The van der Waals surface area contributed by atoms with Crippen LogP contribution < -0.4 is 10.2 Å². The first kappa shape index (κ1) is 27.1. The number of carbonyl (C=O) groups is 3. The highest BCUT2D eigenvalue weighted by Crippen LogP contribution is 2.44. The number of hydrogen-bond donors (Lipinski definition) is 1. The van der Waals surface area contributed by atoms with Crippen LogP contribution in [0.15, 0.2) is 59.5 Å². The topological polar surface area (TPSA) is 69.7 Å². The van der Waals surface area contributed by atoms with E-state index in [1.807, 2.05) is 54.6 Å². The molecule has 3 amide bonds. The minimum atomic E-state index is -0.335. The van der Waals surface area contributed by atoms with Crippen molar-refractivity contribution in [2.24, 2.45) is 5.92 Å². The summed E-state index contributed by atoms with van der Waals surface area (Å²) in [5.74, 6) is -0.417. The van der Waals surface area contributed by atoms with Crippen LogP contribution in [0.25, 0.3) is 5.57 Å². The van der Waals surface area contributed by atoms with Gasteiger partial charge >= 0.3 is 0 Å². The molecule has 0 spiro atoms. The Morgan fingerprint density at radius 1 is 1.00 bits per heavy atom. The second-order valence-electron chi connectivity index (χ2n) is 9.40. The van der Waals surface area contributed by atoms with E-state index >= 15 is 0 Å². The van der Waals surface area contributed by atoms with E-state index in [1.165, 1.54) is 16.7 Å². The molecule has 194 valence electrons. The zero-order valence-corrected chi connectivity index (χ0v) is 23.0. The largest absolute Gasteiger partial charge is 0.354 e. The number of unbranched alkanes of at least 4 members (excludes halogenated alkanes) is 1. The van der Waals surface area contributed by atoms with Gasteiger partial charge in [-0.25, -0.2) is 0 Å². The molecule has 6 nitrogen and oxygen atoms in total. The zero-order valence-electron chi connectivity index (χ0n) is 21.4. The van der Waals surface area contributed by atoms with Gasteiger partial charge < -0.3 is 5.32 Å². The van der Waals surface area contributed by atoms with E-state index in [0.717, 1.165) is 31.2 Å². The van der Waals surface area contributed by atoms with E-state index in [0.29, 0.717) is 51.5 Å². The number of fused-ring (bicyclic) bond motifs is 1. The minimum Gasteiger partial charge on any atom is -0.354 e. The number of anilines is 1. The molecule has 1 fully saturated rings. The molecule has 2 aromatic rings. The molecule has 0 unspecified atom stereocenters. The van der Waals surface area contributed by atoms with Gasteiger partial charge in [-0.2, -0.15) is 0 Å². The number of benzene rings is 2. The Labute approximate surface area is 228 Å². The SMILES string of the molecule is CCCC[C@@H](CC)CN1C(=O)/C(=C2/C(=O)N(CC(=O)NCCc3ccccc3)c3ccccc32)SC1=S. The summed E-state index contributed by atoms with van der Waals surface area (Å²) < 4.78 is 0.491. The third-order valence-corrected chi connectivity index (χ3v) is 8.31. The summed E-state index contributed by atoms with van der Waals surface area (Å²) in [4.78, 5) is 43.4. The molecule has 0 aromatic heterocycles. The van der Waals surface area contributed by atoms with Crippen molar-refractivity contribution < 1.29 is 14.4 Å². The molecule has 0 bridgehead atoms. The fourth-order valence-electron chi connectivity index (χ4n) is 4.73. The predicted molar refractivity (Wildman–Crippen MR) is 154 cm³/mol. The third-order valence-electron chi connectivity index (χ3n) is 6.86. The smallest absolute Gasteiger partial charge is 0.267 e. The maximum Gasteiger partial charge on any atom is 0.267 e. The highest BCUT2D eigenvalue weighted by Gasteiger charge is 2.42. The minimum absolute atomic E-state index is 0.108. The van der Waals surface area contributed by atoms with Crippen LogP contribution in [-0.2, 0) is 20.8 Å².